The van der Waals surface area contributed by atoms with Crippen LogP contribution >= 0.6 is 0 Å². The second-order valence-electron chi connectivity index (χ2n) is 7.63. The lowest BCUT2D eigenvalue weighted by atomic mass is 9.93. The molecule has 4 nitrogen and oxygen atoms in total. The van der Waals surface area contributed by atoms with E-state index >= 15 is 0 Å². The number of halogens is 6. The molecule has 0 aliphatic rings. The van der Waals surface area contributed by atoms with Crippen molar-refractivity contribution in [1.29, 1.82) is 0 Å². The fourth-order valence-corrected chi connectivity index (χ4v) is 3.19. The van der Waals surface area contributed by atoms with Crippen molar-refractivity contribution in [2.45, 2.75) is 57.1 Å². The van der Waals surface area contributed by atoms with Crippen molar-refractivity contribution in [2.24, 2.45) is 0 Å². The molecule has 0 amide bonds. The van der Waals surface area contributed by atoms with E-state index in [-0.39, 0.29) is 30.6 Å². The van der Waals surface area contributed by atoms with Crippen LogP contribution in [0.1, 0.15) is 61.0 Å². The summed E-state index contributed by atoms with van der Waals surface area (Å²) >= 11 is 0. The highest BCUT2D eigenvalue weighted by molar-refractivity contribution is 5.34. The largest absolute Gasteiger partial charge is 0.416 e. The first-order valence-corrected chi connectivity index (χ1v) is 9.88. The van der Waals surface area contributed by atoms with Gasteiger partial charge in [-0.25, -0.2) is 0 Å². The second-order valence-corrected chi connectivity index (χ2v) is 7.63. The van der Waals surface area contributed by atoms with Crippen molar-refractivity contribution in [3.8, 4) is 0 Å². The molecule has 2 aromatic rings. The molecule has 0 fully saturated rings. The van der Waals surface area contributed by atoms with E-state index in [9.17, 15) is 36.5 Å². The highest BCUT2D eigenvalue weighted by Gasteiger charge is 2.37. The molecule has 176 valence electrons. The number of nitrogens with zero attached hydrogens (tertiary/aromatic N) is 1. The van der Waals surface area contributed by atoms with Gasteiger partial charge in [0.1, 0.15) is 0 Å². The summed E-state index contributed by atoms with van der Waals surface area (Å²) < 4.78 is 84.3. The number of rotatable bonds is 9. The van der Waals surface area contributed by atoms with E-state index in [0.717, 1.165) is 5.56 Å². The lowest BCUT2D eigenvalue weighted by Gasteiger charge is -2.22. The van der Waals surface area contributed by atoms with Gasteiger partial charge < -0.3 is 4.74 Å². The zero-order valence-electron chi connectivity index (χ0n) is 17.4. The van der Waals surface area contributed by atoms with Crippen LogP contribution in [-0.2, 0) is 17.1 Å². The lowest BCUT2D eigenvalue weighted by Crippen LogP contribution is -2.18. The van der Waals surface area contributed by atoms with Crippen LogP contribution in [0.15, 0.2) is 48.5 Å². The molecular weight excluding hydrogens is 440 g/mol. The molecule has 0 aliphatic carbocycles. The molecule has 10 heteroatoms. The van der Waals surface area contributed by atoms with E-state index in [0.29, 0.717) is 18.6 Å². The first-order valence-electron chi connectivity index (χ1n) is 9.88. The Morgan fingerprint density at radius 2 is 1.41 bits per heavy atom. The fraction of sp³-hybridized carbons (Fsp3) is 0.455. The van der Waals surface area contributed by atoms with Gasteiger partial charge in [0.25, 0.3) is 0 Å². The van der Waals surface area contributed by atoms with Crippen LogP contribution < -0.4 is 0 Å². The quantitative estimate of drug-likeness (QED) is 0.228. The molecule has 0 bridgehead atoms. The average Bonchev–Trinajstić information content (AvgIpc) is 2.72. The minimum Gasteiger partial charge on any atom is -0.373 e. The summed E-state index contributed by atoms with van der Waals surface area (Å²) in [5.41, 5.74) is -2.25. The van der Waals surface area contributed by atoms with Crippen molar-refractivity contribution in [1.82, 2.24) is 0 Å². The van der Waals surface area contributed by atoms with Crippen LogP contribution in [0.25, 0.3) is 0 Å². The van der Waals surface area contributed by atoms with Gasteiger partial charge in [-0.1, -0.05) is 30.3 Å². The molecule has 0 N–H and O–H groups in total. The maximum Gasteiger partial charge on any atom is 0.416 e. The van der Waals surface area contributed by atoms with Crippen molar-refractivity contribution in [2.75, 3.05) is 6.61 Å². The van der Waals surface area contributed by atoms with E-state index in [1.165, 1.54) is 13.8 Å². The van der Waals surface area contributed by atoms with Crippen LogP contribution in [0.5, 0.6) is 0 Å². The van der Waals surface area contributed by atoms with Crippen LogP contribution in [0, 0.1) is 10.1 Å². The molecule has 2 rings (SSSR count). The molecule has 32 heavy (non-hydrogen) atoms. The standard InChI is InChI=1S/C22H23F6NO3/c1-14(29(30)31)8-9-17(16-6-4-3-5-7-16)13-32-15(2)18-10-19(21(23,24)25)12-20(11-18)22(26,27)28/h3-7,10-12,14-15,17H,8-9,13H2,1-2H3/t14?,15-,17?/m1/s1. The maximum atomic E-state index is 13.1. The van der Waals surface area contributed by atoms with Crippen LogP contribution in [-0.4, -0.2) is 17.6 Å². The number of nitro groups is 1. The van der Waals surface area contributed by atoms with Crippen molar-refractivity contribution < 1.29 is 36.0 Å². The second kappa shape index (κ2) is 10.3. The molecule has 2 unspecified atom stereocenters. The molecule has 3 atom stereocenters. The van der Waals surface area contributed by atoms with Gasteiger partial charge in [-0.3, -0.25) is 10.1 Å². The number of hydrogen-bond acceptors (Lipinski definition) is 3. The summed E-state index contributed by atoms with van der Waals surface area (Å²) in [7, 11) is 0. The Morgan fingerprint density at radius 1 is 0.875 bits per heavy atom. The summed E-state index contributed by atoms with van der Waals surface area (Å²) in [5.74, 6) is -0.311. The smallest absolute Gasteiger partial charge is 0.373 e. The molecule has 0 aromatic heterocycles. The third-order valence-electron chi connectivity index (χ3n) is 5.19. The minimum atomic E-state index is -4.94. The van der Waals surface area contributed by atoms with E-state index in [1.54, 1.807) is 30.3 Å². The molecule has 0 spiro atoms. The number of hydrogen-bond donors (Lipinski definition) is 0. The molecular formula is C22H23F6NO3. The highest BCUT2D eigenvalue weighted by atomic mass is 19.4. The summed E-state index contributed by atoms with van der Waals surface area (Å²) in [6.45, 7) is 2.82. The number of benzene rings is 2. The van der Waals surface area contributed by atoms with Gasteiger partial charge in [0.15, 0.2) is 0 Å². The molecule has 0 aliphatic heterocycles. The van der Waals surface area contributed by atoms with Crippen molar-refractivity contribution in [3.63, 3.8) is 0 Å². The van der Waals surface area contributed by atoms with Crippen LogP contribution in [0.4, 0.5) is 26.3 Å². The topological polar surface area (TPSA) is 52.4 Å². The van der Waals surface area contributed by atoms with Crippen molar-refractivity contribution >= 4 is 0 Å². The summed E-state index contributed by atoms with van der Waals surface area (Å²) in [6.07, 6.45) is -10.3. The minimum absolute atomic E-state index is 0.0206. The molecule has 0 saturated carbocycles. The van der Waals surface area contributed by atoms with E-state index in [4.69, 9.17) is 4.74 Å². The highest BCUT2D eigenvalue weighted by Crippen LogP contribution is 2.38. The normalized spacial score (nSPS) is 15.2. The predicted molar refractivity (Wildman–Crippen MR) is 106 cm³/mol. The predicted octanol–water partition coefficient (Wildman–Crippen LogP) is 7.03. The Balaban J connectivity index is 2.23. The van der Waals surface area contributed by atoms with Gasteiger partial charge in [-0.05, 0) is 42.7 Å². The Labute approximate surface area is 181 Å². The van der Waals surface area contributed by atoms with Gasteiger partial charge in [0.05, 0.1) is 23.8 Å². The van der Waals surface area contributed by atoms with Gasteiger partial charge in [-0.15, -0.1) is 0 Å². The van der Waals surface area contributed by atoms with Crippen molar-refractivity contribution in [3.05, 3.63) is 80.9 Å². The summed E-state index contributed by atoms with van der Waals surface area (Å²) in [6, 6.07) is 9.47. The molecule has 0 radical (unpaired) electrons. The average molecular weight is 463 g/mol. The SMILES string of the molecule is CC(CCC(CO[C@H](C)c1cc(C(F)(F)F)cc(C(F)(F)F)c1)c1ccccc1)[N+](=O)[O-]. The first kappa shape index (κ1) is 25.6. The zero-order chi connectivity index (χ0) is 24.1. The van der Waals surface area contributed by atoms with Gasteiger partial charge in [0.2, 0.25) is 6.04 Å². The van der Waals surface area contributed by atoms with Crippen LogP contribution in [0.3, 0.4) is 0 Å². The summed E-state index contributed by atoms with van der Waals surface area (Å²) in [5, 5.41) is 10.9. The Kier molecular flexibility index (Phi) is 8.28. The zero-order valence-corrected chi connectivity index (χ0v) is 17.4. The van der Waals surface area contributed by atoms with Gasteiger partial charge >= 0.3 is 12.4 Å². The molecule has 0 heterocycles. The number of ether oxygens (including phenoxy) is 1. The number of alkyl halides is 6. The van der Waals surface area contributed by atoms with E-state index in [1.807, 2.05) is 0 Å². The Hall–Kier alpha value is -2.62. The van der Waals surface area contributed by atoms with Gasteiger partial charge in [0, 0.05) is 24.2 Å². The Morgan fingerprint density at radius 3 is 1.88 bits per heavy atom. The van der Waals surface area contributed by atoms with E-state index in [2.05, 4.69) is 0 Å². The lowest BCUT2D eigenvalue weighted by molar-refractivity contribution is -0.519. The monoisotopic (exact) mass is 463 g/mol. The molecule has 0 saturated heterocycles. The first-order chi connectivity index (χ1) is 14.8. The van der Waals surface area contributed by atoms with Crippen LogP contribution in [0.2, 0.25) is 0 Å². The van der Waals surface area contributed by atoms with Gasteiger partial charge in [-0.2, -0.15) is 26.3 Å². The molecule has 2 aromatic carbocycles. The fourth-order valence-electron chi connectivity index (χ4n) is 3.19. The third-order valence-corrected chi connectivity index (χ3v) is 5.19. The Bertz CT molecular complexity index is 867. The summed E-state index contributed by atoms with van der Waals surface area (Å²) in [4.78, 5) is 10.5. The van der Waals surface area contributed by atoms with E-state index < -0.39 is 40.5 Å². The maximum absolute atomic E-state index is 13.1. The third kappa shape index (κ3) is 7.22.